The molecule has 0 unspecified atom stereocenters. The van der Waals surface area contributed by atoms with Crippen molar-refractivity contribution in [2.24, 2.45) is 5.92 Å². The van der Waals surface area contributed by atoms with Crippen LogP contribution in [0.5, 0.6) is 0 Å². The molecule has 0 aromatic heterocycles. The van der Waals surface area contributed by atoms with E-state index >= 15 is 0 Å². The molecule has 0 atom stereocenters. The van der Waals surface area contributed by atoms with E-state index in [-0.39, 0.29) is 0 Å². The number of nitrogens with one attached hydrogen (secondary N) is 1. The van der Waals surface area contributed by atoms with Crippen LogP contribution in [-0.4, -0.2) is 12.8 Å². The van der Waals surface area contributed by atoms with E-state index in [9.17, 15) is 0 Å². The maximum atomic E-state index is 3.43. The van der Waals surface area contributed by atoms with Crippen LogP contribution < -0.4 is 5.32 Å². The zero-order chi connectivity index (χ0) is 10.4. The molecular formula is C12H19NS. The number of thioether (sulfide) groups is 1. The lowest BCUT2D eigenvalue weighted by Crippen LogP contribution is -2.07. The summed E-state index contributed by atoms with van der Waals surface area (Å²) in [5.74, 6) is 1.79. The molecule has 0 aliphatic carbocycles. The summed E-state index contributed by atoms with van der Waals surface area (Å²) in [5, 5.41) is 3.43. The SMILES string of the molecule is CSCc1cccc(NCC(C)C)c1. The molecule has 0 amide bonds. The Kier molecular flexibility index (Phi) is 4.88. The molecule has 14 heavy (non-hydrogen) atoms. The Bertz CT molecular complexity index is 271. The molecule has 1 aromatic carbocycles. The van der Waals surface area contributed by atoms with Crippen LogP contribution in [0.2, 0.25) is 0 Å². The highest BCUT2D eigenvalue weighted by atomic mass is 32.2. The Morgan fingerprint density at radius 3 is 2.79 bits per heavy atom. The molecule has 0 heterocycles. The van der Waals surface area contributed by atoms with E-state index < -0.39 is 0 Å². The summed E-state index contributed by atoms with van der Waals surface area (Å²) < 4.78 is 0. The molecule has 1 N–H and O–H groups in total. The summed E-state index contributed by atoms with van der Waals surface area (Å²) in [5.41, 5.74) is 2.64. The molecule has 0 spiro atoms. The van der Waals surface area contributed by atoms with Gasteiger partial charge in [-0.15, -0.1) is 0 Å². The van der Waals surface area contributed by atoms with Crippen LogP contribution in [0, 0.1) is 5.92 Å². The molecule has 1 aromatic rings. The van der Waals surface area contributed by atoms with Crippen LogP contribution in [0.25, 0.3) is 0 Å². The fourth-order valence-corrected chi connectivity index (χ4v) is 1.77. The number of anilines is 1. The summed E-state index contributed by atoms with van der Waals surface area (Å²) in [6, 6.07) is 8.66. The van der Waals surface area contributed by atoms with Gasteiger partial charge in [0.15, 0.2) is 0 Å². The van der Waals surface area contributed by atoms with Gasteiger partial charge in [0, 0.05) is 18.0 Å². The van der Waals surface area contributed by atoms with Gasteiger partial charge >= 0.3 is 0 Å². The van der Waals surface area contributed by atoms with Gasteiger partial charge in [-0.1, -0.05) is 26.0 Å². The van der Waals surface area contributed by atoms with Gasteiger partial charge in [0.2, 0.25) is 0 Å². The maximum absolute atomic E-state index is 3.43. The number of rotatable bonds is 5. The van der Waals surface area contributed by atoms with Crippen molar-refractivity contribution in [3.63, 3.8) is 0 Å². The third-order valence-electron chi connectivity index (χ3n) is 1.95. The first-order chi connectivity index (χ1) is 6.72. The minimum Gasteiger partial charge on any atom is -0.385 e. The third-order valence-corrected chi connectivity index (χ3v) is 2.57. The Hall–Kier alpha value is -0.630. The zero-order valence-corrected chi connectivity index (χ0v) is 10.0. The van der Waals surface area contributed by atoms with Gasteiger partial charge in [-0.3, -0.25) is 0 Å². The molecule has 0 saturated heterocycles. The lowest BCUT2D eigenvalue weighted by Gasteiger charge is -2.09. The second-order valence-electron chi connectivity index (χ2n) is 3.91. The summed E-state index contributed by atoms with van der Waals surface area (Å²) >= 11 is 1.86. The summed E-state index contributed by atoms with van der Waals surface area (Å²) in [7, 11) is 0. The summed E-state index contributed by atoms with van der Waals surface area (Å²) in [4.78, 5) is 0. The van der Waals surface area contributed by atoms with Gasteiger partial charge in [-0.2, -0.15) is 11.8 Å². The number of hydrogen-bond donors (Lipinski definition) is 1. The molecule has 0 bridgehead atoms. The second-order valence-corrected chi connectivity index (χ2v) is 4.77. The van der Waals surface area contributed by atoms with Crippen LogP contribution in [0.15, 0.2) is 24.3 Å². The van der Waals surface area contributed by atoms with Crippen LogP contribution in [0.4, 0.5) is 5.69 Å². The van der Waals surface area contributed by atoms with E-state index in [1.165, 1.54) is 11.3 Å². The average molecular weight is 209 g/mol. The monoisotopic (exact) mass is 209 g/mol. The maximum Gasteiger partial charge on any atom is 0.0343 e. The van der Waals surface area contributed by atoms with Crippen LogP contribution >= 0.6 is 11.8 Å². The van der Waals surface area contributed by atoms with E-state index in [0.29, 0.717) is 5.92 Å². The fourth-order valence-electron chi connectivity index (χ4n) is 1.26. The first-order valence-electron chi connectivity index (χ1n) is 5.04. The summed E-state index contributed by atoms with van der Waals surface area (Å²) in [6.07, 6.45) is 2.13. The predicted octanol–water partition coefficient (Wildman–Crippen LogP) is 3.62. The highest BCUT2D eigenvalue weighted by Gasteiger charge is 1.96. The largest absolute Gasteiger partial charge is 0.385 e. The molecule has 0 aliphatic heterocycles. The molecule has 0 aliphatic rings. The van der Waals surface area contributed by atoms with Crippen molar-refractivity contribution in [1.82, 2.24) is 0 Å². The molecule has 2 heteroatoms. The standard InChI is InChI=1S/C12H19NS/c1-10(2)8-13-12-6-4-5-11(7-12)9-14-3/h4-7,10,13H,8-9H2,1-3H3. The fraction of sp³-hybridized carbons (Fsp3) is 0.500. The molecule has 78 valence electrons. The first-order valence-corrected chi connectivity index (χ1v) is 6.43. The van der Waals surface area contributed by atoms with E-state index in [0.717, 1.165) is 12.3 Å². The van der Waals surface area contributed by atoms with E-state index in [1.54, 1.807) is 0 Å². The molecule has 1 rings (SSSR count). The van der Waals surface area contributed by atoms with Crippen LogP contribution in [0.3, 0.4) is 0 Å². The van der Waals surface area contributed by atoms with Crippen molar-refractivity contribution in [2.75, 3.05) is 18.1 Å². The highest BCUT2D eigenvalue weighted by Crippen LogP contribution is 2.15. The minimum absolute atomic E-state index is 0.694. The molecule has 0 fully saturated rings. The lowest BCUT2D eigenvalue weighted by molar-refractivity contribution is 0.689. The van der Waals surface area contributed by atoms with Gasteiger partial charge in [0.05, 0.1) is 0 Å². The van der Waals surface area contributed by atoms with Gasteiger partial charge < -0.3 is 5.32 Å². The molecule has 0 radical (unpaired) electrons. The Morgan fingerprint density at radius 2 is 2.14 bits per heavy atom. The van der Waals surface area contributed by atoms with Crippen molar-refractivity contribution in [3.05, 3.63) is 29.8 Å². The van der Waals surface area contributed by atoms with Crippen molar-refractivity contribution in [1.29, 1.82) is 0 Å². The quantitative estimate of drug-likeness (QED) is 0.795. The topological polar surface area (TPSA) is 12.0 Å². The predicted molar refractivity (Wildman–Crippen MR) is 67.0 cm³/mol. The molecule has 0 saturated carbocycles. The number of hydrogen-bond acceptors (Lipinski definition) is 2. The van der Waals surface area contributed by atoms with E-state index in [4.69, 9.17) is 0 Å². The van der Waals surface area contributed by atoms with E-state index in [2.05, 4.69) is 49.7 Å². The normalized spacial score (nSPS) is 10.6. The average Bonchev–Trinajstić information content (AvgIpc) is 2.16. The highest BCUT2D eigenvalue weighted by molar-refractivity contribution is 7.97. The van der Waals surface area contributed by atoms with Crippen molar-refractivity contribution >= 4 is 17.4 Å². The Labute approximate surface area is 91.3 Å². The third kappa shape index (κ3) is 4.05. The smallest absolute Gasteiger partial charge is 0.0343 e. The minimum atomic E-state index is 0.694. The Balaban J connectivity index is 2.54. The van der Waals surface area contributed by atoms with Crippen LogP contribution in [-0.2, 0) is 5.75 Å². The zero-order valence-electron chi connectivity index (χ0n) is 9.21. The van der Waals surface area contributed by atoms with Gasteiger partial charge in [0.1, 0.15) is 0 Å². The number of benzene rings is 1. The lowest BCUT2D eigenvalue weighted by atomic mass is 10.2. The van der Waals surface area contributed by atoms with Gasteiger partial charge in [0.25, 0.3) is 0 Å². The van der Waals surface area contributed by atoms with Crippen molar-refractivity contribution in [3.8, 4) is 0 Å². The second kappa shape index (κ2) is 5.97. The Morgan fingerprint density at radius 1 is 1.36 bits per heavy atom. The first kappa shape index (κ1) is 11.4. The molecule has 1 nitrogen and oxygen atoms in total. The van der Waals surface area contributed by atoms with E-state index in [1.807, 2.05) is 11.8 Å². The summed E-state index contributed by atoms with van der Waals surface area (Å²) in [6.45, 7) is 5.49. The van der Waals surface area contributed by atoms with Gasteiger partial charge in [-0.25, -0.2) is 0 Å². The van der Waals surface area contributed by atoms with Crippen LogP contribution in [0.1, 0.15) is 19.4 Å². The van der Waals surface area contributed by atoms with Gasteiger partial charge in [-0.05, 0) is 29.9 Å². The van der Waals surface area contributed by atoms with Crippen molar-refractivity contribution in [2.45, 2.75) is 19.6 Å². The van der Waals surface area contributed by atoms with Crippen molar-refractivity contribution < 1.29 is 0 Å². The molecular weight excluding hydrogens is 190 g/mol.